The van der Waals surface area contributed by atoms with Crippen molar-refractivity contribution in [1.29, 1.82) is 0 Å². The van der Waals surface area contributed by atoms with Crippen LogP contribution in [0.3, 0.4) is 0 Å². The van der Waals surface area contributed by atoms with Gasteiger partial charge >= 0.3 is 0 Å². The molecule has 0 spiro atoms. The van der Waals surface area contributed by atoms with Gasteiger partial charge < -0.3 is 4.74 Å². The molecule has 150 valence electrons. The summed E-state index contributed by atoms with van der Waals surface area (Å²) in [5, 5.41) is 7.30. The van der Waals surface area contributed by atoms with Gasteiger partial charge in [0.05, 0.1) is 18.5 Å². The molecule has 0 N–H and O–H groups in total. The number of hydrogen-bond acceptors (Lipinski definition) is 4. The lowest BCUT2D eigenvalue weighted by atomic mass is 9.86. The number of thiazole rings is 1. The Kier molecular flexibility index (Phi) is 5.67. The summed E-state index contributed by atoms with van der Waals surface area (Å²) in [4.78, 5) is 5.63. The van der Waals surface area contributed by atoms with Crippen LogP contribution in [-0.2, 0) is 6.42 Å². The minimum atomic E-state index is 0.738. The van der Waals surface area contributed by atoms with Gasteiger partial charge in [-0.3, -0.25) is 4.99 Å². The summed E-state index contributed by atoms with van der Waals surface area (Å²) < 4.78 is 7.34. The average Bonchev–Trinajstić information content (AvgIpc) is 3.11. The molecular formula is C24H27N3OS. The topological polar surface area (TPSA) is 38.9 Å². The summed E-state index contributed by atoms with van der Waals surface area (Å²) in [7, 11) is 1.69. The van der Waals surface area contributed by atoms with Gasteiger partial charge in [-0.2, -0.15) is 5.10 Å². The van der Waals surface area contributed by atoms with E-state index in [1.807, 2.05) is 16.8 Å². The maximum absolute atomic E-state index is 5.31. The molecular weight excluding hydrogens is 378 g/mol. The van der Waals surface area contributed by atoms with Crippen molar-refractivity contribution >= 4 is 17.0 Å². The van der Waals surface area contributed by atoms with Gasteiger partial charge in [0.2, 0.25) is 4.80 Å². The summed E-state index contributed by atoms with van der Waals surface area (Å²) in [5.41, 5.74) is 8.74. The molecule has 4 nitrogen and oxygen atoms in total. The summed E-state index contributed by atoms with van der Waals surface area (Å²) in [6, 6.07) is 12.7. The Morgan fingerprint density at radius 2 is 1.90 bits per heavy atom. The van der Waals surface area contributed by atoms with Crippen LogP contribution in [-0.4, -0.2) is 24.0 Å². The quantitative estimate of drug-likeness (QED) is 0.576. The van der Waals surface area contributed by atoms with E-state index in [0.29, 0.717) is 0 Å². The molecule has 0 aliphatic heterocycles. The van der Waals surface area contributed by atoms with Crippen LogP contribution >= 0.6 is 11.3 Å². The minimum Gasteiger partial charge on any atom is -0.497 e. The highest BCUT2D eigenvalue weighted by Crippen LogP contribution is 2.28. The van der Waals surface area contributed by atoms with Crippen molar-refractivity contribution in [3.05, 3.63) is 68.8 Å². The Labute approximate surface area is 176 Å². The van der Waals surface area contributed by atoms with E-state index in [4.69, 9.17) is 14.8 Å². The normalized spacial score (nSPS) is 15.6. The number of rotatable bonds is 4. The van der Waals surface area contributed by atoms with Gasteiger partial charge in [-0.15, -0.1) is 11.3 Å². The molecule has 0 fully saturated rings. The van der Waals surface area contributed by atoms with Crippen molar-refractivity contribution in [2.75, 3.05) is 13.7 Å². The van der Waals surface area contributed by atoms with Crippen LogP contribution in [0.15, 0.2) is 51.9 Å². The van der Waals surface area contributed by atoms with Gasteiger partial charge in [-0.1, -0.05) is 11.6 Å². The molecule has 0 bridgehead atoms. The van der Waals surface area contributed by atoms with Crippen LogP contribution in [0.2, 0.25) is 0 Å². The zero-order valence-electron chi connectivity index (χ0n) is 17.5. The Bertz CT molecular complexity index is 1120. The van der Waals surface area contributed by atoms with Crippen molar-refractivity contribution in [3.8, 4) is 17.0 Å². The minimum absolute atomic E-state index is 0.738. The number of fused-ring (bicyclic) bond motifs is 1. The summed E-state index contributed by atoms with van der Waals surface area (Å²) in [6.45, 7) is 7.18. The number of ether oxygens (including phenoxy) is 1. The number of hydrogen-bond donors (Lipinski definition) is 0. The van der Waals surface area contributed by atoms with E-state index >= 15 is 0 Å². The second-order valence-corrected chi connectivity index (χ2v) is 8.26. The van der Waals surface area contributed by atoms with E-state index in [0.717, 1.165) is 53.3 Å². The molecule has 0 saturated heterocycles. The van der Waals surface area contributed by atoms with Crippen molar-refractivity contribution < 1.29 is 4.74 Å². The van der Waals surface area contributed by atoms with E-state index in [2.05, 4.69) is 50.4 Å². The standard InChI is InChI=1S/C24H27N3OS/c1-5-25-24-27(23(15-29-24)18-9-11-19(28-4)12-10-18)26-22-8-6-7-20-17(3)13-16(2)14-21(20)22/h9-15H,5-8H2,1-4H3. The van der Waals surface area contributed by atoms with E-state index in [1.54, 1.807) is 18.4 Å². The van der Waals surface area contributed by atoms with Gasteiger partial charge in [0.25, 0.3) is 0 Å². The molecule has 1 aromatic heterocycles. The molecule has 1 aliphatic rings. The Morgan fingerprint density at radius 3 is 2.62 bits per heavy atom. The third-order valence-corrected chi connectivity index (χ3v) is 6.21. The van der Waals surface area contributed by atoms with Crippen LogP contribution in [0.5, 0.6) is 5.75 Å². The smallest absolute Gasteiger partial charge is 0.206 e. The predicted molar refractivity (Wildman–Crippen MR) is 121 cm³/mol. The van der Waals surface area contributed by atoms with Crippen molar-refractivity contribution in [2.45, 2.75) is 40.0 Å². The fourth-order valence-corrected chi connectivity index (χ4v) is 4.87. The largest absolute Gasteiger partial charge is 0.497 e. The molecule has 0 saturated carbocycles. The fraction of sp³-hybridized carbons (Fsp3) is 0.333. The summed E-state index contributed by atoms with van der Waals surface area (Å²) >= 11 is 1.64. The lowest BCUT2D eigenvalue weighted by molar-refractivity contribution is 0.415. The molecule has 0 unspecified atom stereocenters. The van der Waals surface area contributed by atoms with Crippen LogP contribution < -0.4 is 9.54 Å². The third kappa shape index (κ3) is 3.92. The van der Waals surface area contributed by atoms with Gasteiger partial charge in [0.1, 0.15) is 5.75 Å². The Morgan fingerprint density at radius 1 is 1.10 bits per heavy atom. The van der Waals surface area contributed by atoms with E-state index < -0.39 is 0 Å². The number of aryl methyl sites for hydroxylation is 2. The highest BCUT2D eigenvalue weighted by molar-refractivity contribution is 7.07. The first kappa shape index (κ1) is 19.6. The first-order valence-electron chi connectivity index (χ1n) is 10.1. The van der Waals surface area contributed by atoms with Crippen LogP contribution in [0.25, 0.3) is 11.3 Å². The number of nitrogens with zero attached hydrogens (tertiary/aromatic N) is 3. The van der Waals surface area contributed by atoms with Crippen LogP contribution in [0, 0.1) is 13.8 Å². The molecule has 4 rings (SSSR count). The number of aromatic nitrogens is 1. The molecule has 29 heavy (non-hydrogen) atoms. The Hall–Kier alpha value is -2.66. The van der Waals surface area contributed by atoms with Crippen molar-refractivity contribution in [3.63, 3.8) is 0 Å². The number of methoxy groups -OCH3 is 1. The predicted octanol–water partition coefficient (Wildman–Crippen LogP) is 5.35. The molecule has 0 radical (unpaired) electrons. The first-order chi connectivity index (χ1) is 14.1. The molecule has 5 heteroatoms. The van der Waals surface area contributed by atoms with Crippen LogP contribution in [0.1, 0.15) is 42.0 Å². The number of benzene rings is 2. The molecule has 0 amide bonds. The monoisotopic (exact) mass is 405 g/mol. The lowest BCUT2D eigenvalue weighted by Gasteiger charge is -2.21. The second-order valence-electron chi connectivity index (χ2n) is 7.43. The fourth-order valence-electron chi connectivity index (χ4n) is 3.98. The van der Waals surface area contributed by atoms with E-state index in [-0.39, 0.29) is 0 Å². The third-order valence-electron chi connectivity index (χ3n) is 5.35. The molecule has 3 aromatic rings. The summed E-state index contributed by atoms with van der Waals surface area (Å²) in [5.74, 6) is 0.854. The van der Waals surface area contributed by atoms with Gasteiger partial charge in [-0.05, 0) is 81.5 Å². The Balaban J connectivity index is 1.88. The van der Waals surface area contributed by atoms with Crippen molar-refractivity contribution in [1.82, 2.24) is 4.68 Å². The van der Waals surface area contributed by atoms with Gasteiger partial charge in [0.15, 0.2) is 0 Å². The highest BCUT2D eigenvalue weighted by Gasteiger charge is 2.19. The second kappa shape index (κ2) is 8.37. The molecule has 0 atom stereocenters. The zero-order chi connectivity index (χ0) is 20.4. The maximum Gasteiger partial charge on any atom is 0.206 e. The molecule has 1 heterocycles. The van der Waals surface area contributed by atoms with Gasteiger partial charge in [0, 0.05) is 23.1 Å². The average molecular weight is 406 g/mol. The summed E-state index contributed by atoms with van der Waals surface area (Å²) in [6.07, 6.45) is 3.26. The van der Waals surface area contributed by atoms with E-state index in [1.165, 1.54) is 22.3 Å². The SMILES string of the molecule is CCN=c1scc(-c2ccc(OC)cc2)n1N=C1CCCc2c(C)cc(C)cc21. The van der Waals surface area contributed by atoms with Gasteiger partial charge in [-0.25, -0.2) is 4.68 Å². The molecule has 2 aromatic carbocycles. The highest BCUT2D eigenvalue weighted by atomic mass is 32.1. The van der Waals surface area contributed by atoms with E-state index in [9.17, 15) is 0 Å². The first-order valence-corrected chi connectivity index (χ1v) is 11.0. The van der Waals surface area contributed by atoms with Crippen molar-refractivity contribution in [2.24, 2.45) is 10.1 Å². The lowest BCUT2D eigenvalue weighted by Crippen LogP contribution is -2.19. The maximum atomic E-state index is 5.31. The molecule has 1 aliphatic carbocycles. The van der Waals surface area contributed by atoms with Crippen LogP contribution in [0.4, 0.5) is 0 Å². The zero-order valence-corrected chi connectivity index (χ0v) is 18.3.